The molecule has 0 bridgehead atoms. The molecule has 5 nitrogen and oxygen atoms in total. The molecule has 1 N–H and O–H groups in total. The summed E-state index contributed by atoms with van der Waals surface area (Å²) >= 11 is 1.66. The summed E-state index contributed by atoms with van der Waals surface area (Å²) in [7, 11) is 2.05. The Kier molecular flexibility index (Phi) is 6.82. The third-order valence-electron chi connectivity index (χ3n) is 6.00. The van der Waals surface area contributed by atoms with Crippen molar-refractivity contribution in [2.45, 2.75) is 44.1 Å². The molecule has 31 heavy (non-hydrogen) atoms. The molecule has 1 heterocycles. The van der Waals surface area contributed by atoms with Gasteiger partial charge in [-0.25, -0.2) is 4.79 Å². The van der Waals surface area contributed by atoms with E-state index < -0.39 is 11.6 Å². The quantitative estimate of drug-likeness (QED) is 0.492. The molecule has 0 radical (unpaired) electrons. The second kappa shape index (κ2) is 9.05. The van der Waals surface area contributed by atoms with E-state index in [1.807, 2.05) is 63.5 Å². The van der Waals surface area contributed by atoms with E-state index in [0.29, 0.717) is 5.75 Å². The van der Waals surface area contributed by atoms with Crippen molar-refractivity contribution < 1.29 is 19.4 Å². The molecule has 0 aliphatic carbocycles. The van der Waals surface area contributed by atoms with Crippen LogP contribution < -0.4 is 4.74 Å². The number of ketones is 1. The van der Waals surface area contributed by atoms with E-state index in [1.165, 1.54) is 0 Å². The van der Waals surface area contributed by atoms with E-state index in [-0.39, 0.29) is 17.6 Å². The topological polar surface area (TPSA) is 66.8 Å². The molecule has 166 valence electrons. The first-order valence-electron chi connectivity index (χ1n) is 10.4. The summed E-state index contributed by atoms with van der Waals surface area (Å²) in [5.41, 5.74) is 2.30. The van der Waals surface area contributed by atoms with Crippen molar-refractivity contribution >= 4 is 23.5 Å². The van der Waals surface area contributed by atoms with Crippen LogP contribution in [-0.4, -0.2) is 53.8 Å². The number of likely N-dealkylation sites (tertiary alicyclic amines) is 1. The highest BCUT2D eigenvalue weighted by molar-refractivity contribution is 7.98. The molecule has 0 saturated carbocycles. The third-order valence-corrected chi connectivity index (χ3v) is 6.74. The van der Waals surface area contributed by atoms with Crippen molar-refractivity contribution in [2.75, 3.05) is 26.4 Å². The first-order valence-corrected chi connectivity index (χ1v) is 11.7. The van der Waals surface area contributed by atoms with Crippen molar-refractivity contribution in [1.29, 1.82) is 0 Å². The van der Waals surface area contributed by atoms with Gasteiger partial charge in [0.1, 0.15) is 5.75 Å². The Balaban J connectivity index is 1.91. The number of carboxylic acids is 1. The number of benzene rings is 2. The van der Waals surface area contributed by atoms with E-state index >= 15 is 0 Å². The standard InChI is InChI=1S/C25H31NO4S/c1-15-11-18(12-16(2)23(15)30-25(3,4)24(28)29)20-13-26(5)14-21(20)22(27)17-7-9-19(31-6)10-8-17/h7-12,20-21H,13-14H2,1-6H3,(H,28,29)/t20-,21?/m1/s1. The van der Waals surface area contributed by atoms with Crippen molar-refractivity contribution in [3.05, 3.63) is 58.7 Å². The zero-order valence-corrected chi connectivity index (χ0v) is 19.9. The summed E-state index contributed by atoms with van der Waals surface area (Å²) in [4.78, 5) is 28.2. The zero-order chi connectivity index (χ0) is 22.9. The molecule has 1 unspecified atom stereocenters. The van der Waals surface area contributed by atoms with Gasteiger partial charge in [0.25, 0.3) is 0 Å². The molecule has 1 aliphatic heterocycles. The summed E-state index contributed by atoms with van der Waals surface area (Å²) in [5, 5.41) is 9.41. The second-order valence-corrected chi connectivity index (χ2v) is 9.81. The van der Waals surface area contributed by atoms with Gasteiger partial charge < -0.3 is 14.7 Å². The number of rotatable bonds is 7. The van der Waals surface area contributed by atoms with Gasteiger partial charge in [0.05, 0.1) is 0 Å². The van der Waals surface area contributed by atoms with Gasteiger partial charge in [-0.15, -0.1) is 11.8 Å². The maximum atomic E-state index is 13.4. The van der Waals surface area contributed by atoms with E-state index in [9.17, 15) is 14.7 Å². The molecule has 2 aromatic carbocycles. The molecule has 6 heteroatoms. The molecule has 0 aromatic heterocycles. The van der Waals surface area contributed by atoms with Crippen LogP contribution in [0.15, 0.2) is 41.3 Å². The van der Waals surface area contributed by atoms with E-state index in [0.717, 1.165) is 40.2 Å². The van der Waals surface area contributed by atoms with Crippen LogP contribution in [0.4, 0.5) is 0 Å². The largest absolute Gasteiger partial charge is 0.478 e. The Morgan fingerprint density at radius 2 is 1.68 bits per heavy atom. The van der Waals surface area contributed by atoms with Gasteiger partial charge in [-0.3, -0.25) is 4.79 Å². The maximum absolute atomic E-state index is 13.4. The molecule has 0 spiro atoms. The maximum Gasteiger partial charge on any atom is 0.347 e. The molecule has 2 aromatic rings. The van der Waals surface area contributed by atoms with Crippen LogP contribution in [0, 0.1) is 19.8 Å². The number of nitrogens with zero attached hydrogens (tertiary/aromatic N) is 1. The number of aliphatic carboxylic acids is 1. The van der Waals surface area contributed by atoms with Gasteiger partial charge in [0.2, 0.25) is 0 Å². The van der Waals surface area contributed by atoms with Gasteiger partial charge in [0.15, 0.2) is 11.4 Å². The lowest BCUT2D eigenvalue weighted by Crippen LogP contribution is -2.38. The van der Waals surface area contributed by atoms with E-state index in [1.54, 1.807) is 25.6 Å². The minimum absolute atomic E-state index is 0.0802. The lowest BCUT2D eigenvalue weighted by Gasteiger charge is -2.26. The van der Waals surface area contributed by atoms with Crippen LogP contribution in [-0.2, 0) is 4.79 Å². The number of aryl methyl sites for hydroxylation is 2. The predicted molar refractivity (Wildman–Crippen MR) is 125 cm³/mol. The summed E-state index contributed by atoms with van der Waals surface area (Å²) in [6.07, 6.45) is 2.02. The first kappa shape index (κ1) is 23.4. The van der Waals surface area contributed by atoms with E-state index in [4.69, 9.17) is 4.74 Å². The Morgan fingerprint density at radius 3 is 2.19 bits per heavy atom. The highest BCUT2D eigenvalue weighted by atomic mass is 32.2. The summed E-state index contributed by atoms with van der Waals surface area (Å²) in [6.45, 7) is 8.48. The van der Waals surface area contributed by atoms with Crippen molar-refractivity contribution in [2.24, 2.45) is 5.92 Å². The lowest BCUT2D eigenvalue weighted by atomic mass is 9.82. The molecule has 1 saturated heterocycles. The van der Waals surface area contributed by atoms with Crippen molar-refractivity contribution in [3.63, 3.8) is 0 Å². The average molecular weight is 442 g/mol. The zero-order valence-electron chi connectivity index (χ0n) is 19.1. The Morgan fingerprint density at radius 1 is 1.10 bits per heavy atom. The highest BCUT2D eigenvalue weighted by Crippen LogP contribution is 2.38. The monoisotopic (exact) mass is 441 g/mol. The Labute approximate surface area is 188 Å². The smallest absolute Gasteiger partial charge is 0.347 e. The van der Waals surface area contributed by atoms with Crippen LogP contribution in [0.3, 0.4) is 0 Å². The minimum atomic E-state index is -1.31. The number of carbonyl (C=O) groups excluding carboxylic acids is 1. The number of carboxylic acid groups (broad SMARTS) is 1. The van der Waals surface area contributed by atoms with Gasteiger partial charge in [-0.1, -0.05) is 24.3 Å². The summed E-state index contributed by atoms with van der Waals surface area (Å²) in [5.74, 6) is -0.281. The normalized spacial score (nSPS) is 19.4. The van der Waals surface area contributed by atoms with Gasteiger partial charge in [0, 0.05) is 35.4 Å². The Bertz CT molecular complexity index is 961. The van der Waals surface area contributed by atoms with Gasteiger partial charge in [-0.2, -0.15) is 0 Å². The SMILES string of the molecule is CSc1ccc(C(=O)C2CN(C)C[C@@H]2c2cc(C)c(OC(C)(C)C(=O)O)c(C)c2)cc1. The Hall–Kier alpha value is -2.31. The van der Waals surface area contributed by atoms with Gasteiger partial charge in [-0.05, 0) is 69.8 Å². The minimum Gasteiger partial charge on any atom is -0.478 e. The van der Waals surface area contributed by atoms with Gasteiger partial charge >= 0.3 is 5.97 Å². The number of hydrogen-bond donors (Lipinski definition) is 1. The molecule has 3 rings (SSSR count). The number of Topliss-reactive ketones (excluding diaryl/α,β-unsaturated/α-hetero) is 1. The number of ether oxygens (including phenoxy) is 1. The predicted octanol–water partition coefficient (Wildman–Crippen LogP) is 4.80. The molecule has 1 aliphatic rings. The van der Waals surface area contributed by atoms with Crippen molar-refractivity contribution in [3.8, 4) is 5.75 Å². The molecule has 0 amide bonds. The van der Waals surface area contributed by atoms with Crippen molar-refractivity contribution in [1.82, 2.24) is 4.90 Å². The van der Waals surface area contributed by atoms with Crippen LogP contribution in [0.25, 0.3) is 0 Å². The number of carbonyl (C=O) groups is 2. The number of hydrogen-bond acceptors (Lipinski definition) is 5. The number of likely N-dealkylation sites (N-methyl/N-ethyl adjacent to an activating group) is 1. The van der Waals surface area contributed by atoms with Crippen LogP contribution in [0.2, 0.25) is 0 Å². The van der Waals surface area contributed by atoms with Crippen LogP contribution >= 0.6 is 11.8 Å². The molecule has 2 atom stereocenters. The molecule has 1 fully saturated rings. The fourth-order valence-electron chi connectivity index (χ4n) is 4.23. The highest BCUT2D eigenvalue weighted by Gasteiger charge is 2.38. The fraction of sp³-hybridized carbons (Fsp3) is 0.440. The first-order chi connectivity index (χ1) is 14.5. The third kappa shape index (κ3) is 4.96. The van der Waals surface area contributed by atoms with Crippen LogP contribution in [0.1, 0.15) is 46.8 Å². The second-order valence-electron chi connectivity index (χ2n) is 8.93. The number of thioether (sulfide) groups is 1. The van der Waals surface area contributed by atoms with Crippen LogP contribution in [0.5, 0.6) is 5.75 Å². The average Bonchev–Trinajstić information content (AvgIpc) is 3.11. The molecular weight excluding hydrogens is 410 g/mol. The molecular formula is C25H31NO4S. The summed E-state index contributed by atoms with van der Waals surface area (Å²) < 4.78 is 5.85. The fourth-order valence-corrected chi connectivity index (χ4v) is 4.64. The summed E-state index contributed by atoms with van der Waals surface area (Å²) in [6, 6.07) is 11.9. The lowest BCUT2D eigenvalue weighted by molar-refractivity contribution is -0.152. The van der Waals surface area contributed by atoms with E-state index in [2.05, 4.69) is 4.90 Å².